The van der Waals surface area contributed by atoms with Crippen molar-refractivity contribution in [3.05, 3.63) is 0 Å². The lowest BCUT2D eigenvalue weighted by molar-refractivity contribution is -0.158. The van der Waals surface area contributed by atoms with Crippen LogP contribution in [-0.2, 0) is 9.59 Å². The Hall–Kier alpha value is -0.900. The minimum Gasteiger partial charge on any atom is -0.481 e. The first-order chi connectivity index (χ1) is 13.7. The summed E-state index contributed by atoms with van der Waals surface area (Å²) in [7, 11) is 0. The molecule has 4 saturated carbocycles. The van der Waals surface area contributed by atoms with Crippen molar-refractivity contribution < 1.29 is 19.8 Å². The fourth-order valence-electron chi connectivity index (χ4n) is 8.44. The number of carboxylic acids is 1. The highest BCUT2D eigenvalue weighted by Crippen LogP contribution is 2.68. The number of hydrogen-bond donors (Lipinski definition) is 2. The van der Waals surface area contributed by atoms with Gasteiger partial charge >= 0.3 is 5.97 Å². The van der Waals surface area contributed by atoms with Crippen molar-refractivity contribution >= 4 is 11.8 Å². The van der Waals surface area contributed by atoms with Crippen molar-refractivity contribution in [3.8, 4) is 0 Å². The highest BCUT2D eigenvalue weighted by molar-refractivity contribution is 5.79. The first-order valence-electron chi connectivity index (χ1n) is 12.2. The maximum absolute atomic E-state index is 12.1. The molecule has 4 aliphatic carbocycles. The summed E-state index contributed by atoms with van der Waals surface area (Å²) in [5.74, 6) is 2.40. The van der Waals surface area contributed by atoms with Gasteiger partial charge in [-0.05, 0) is 92.3 Å². The van der Waals surface area contributed by atoms with Crippen LogP contribution in [0.2, 0.25) is 0 Å². The molecule has 29 heavy (non-hydrogen) atoms. The highest BCUT2D eigenvalue weighted by atomic mass is 16.4. The number of hydrogen-bond acceptors (Lipinski definition) is 3. The average molecular weight is 405 g/mol. The second-order valence-electron chi connectivity index (χ2n) is 11.4. The number of aliphatic carboxylic acids is 1. The van der Waals surface area contributed by atoms with Gasteiger partial charge in [-0.25, -0.2) is 0 Å². The summed E-state index contributed by atoms with van der Waals surface area (Å²) < 4.78 is 0. The van der Waals surface area contributed by atoms with E-state index in [9.17, 15) is 14.7 Å². The highest BCUT2D eigenvalue weighted by Gasteiger charge is 2.64. The topological polar surface area (TPSA) is 74.6 Å². The van der Waals surface area contributed by atoms with Gasteiger partial charge in [0.05, 0.1) is 5.60 Å². The fourth-order valence-corrected chi connectivity index (χ4v) is 8.44. The van der Waals surface area contributed by atoms with E-state index in [1.165, 1.54) is 19.3 Å². The van der Waals surface area contributed by atoms with Gasteiger partial charge in [0.1, 0.15) is 5.78 Å². The summed E-state index contributed by atoms with van der Waals surface area (Å²) in [6.45, 7) is 4.84. The summed E-state index contributed by atoms with van der Waals surface area (Å²) >= 11 is 0. The lowest BCUT2D eigenvalue weighted by Crippen LogP contribution is -2.56. The van der Waals surface area contributed by atoms with Gasteiger partial charge in [0.25, 0.3) is 0 Å². The molecular formula is C25H40O4. The zero-order valence-corrected chi connectivity index (χ0v) is 18.4. The van der Waals surface area contributed by atoms with Crippen molar-refractivity contribution in [1.82, 2.24) is 0 Å². The van der Waals surface area contributed by atoms with Crippen molar-refractivity contribution in [1.29, 1.82) is 0 Å². The van der Waals surface area contributed by atoms with Crippen LogP contribution in [0.1, 0.15) is 104 Å². The smallest absolute Gasteiger partial charge is 0.303 e. The van der Waals surface area contributed by atoms with E-state index < -0.39 is 11.6 Å². The maximum atomic E-state index is 12.1. The Balaban J connectivity index is 1.44. The number of carboxylic acid groups (broad SMARTS) is 1. The van der Waals surface area contributed by atoms with Crippen LogP contribution in [0.15, 0.2) is 0 Å². The number of carbonyl (C=O) groups excluding carboxylic acids is 1. The number of Topliss-reactive ketones (excluding diaryl/α,β-unsaturated/α-hetero) is 1. The Morgan fingerprint density at radius 2 is 1.76 bits per heavy atom. The average Bonchev–Trinajstić information content (AvgIpc) is 2.93. The van der Waals surface area contributed by atoms with E-state index in [-0.39, 0.29) is 11.8 Å². The third-order valence-corrected chi connectivity index (χ3v) is 10.3. The molecule has 4 aliphatic rings. The van der Waals surface area contributed by atoms with E-state index in [2.05, 4.69) is 13.8 Å². The SMILES string of the molecule is C[C@]12CCC(=O)C[C@@H]1CC[C@@H]1[C@@H]2CC[C@@]2(C)[C@H]1CC[C@@]2(O)CCCCCC(=O)O. The van der Waals surface area contributed by atoms with E-state index in [0.717, 1.165) is 63.7 Å². The molecule has 0 aromatic heterocycles. The van der Waals surface area contributed by atoms with Crippen LogP contribution in [-0.4, -0.2) is 27.6 Å². The van der Waals surface area contributed by atoms with Crippen molar-refractivity contribution in [2.75, 3.05) is 0 Å². The number of aliphatic hydroxyl groups is 1. The van der Waals surface area contributed by atoms with Gasteiger partial charge in [0.2, 0.25) is 0 Å². The number of unbranched alkanes of at least 4 members (excludes halogenated alkanes) is 2. The molecule has 0 aromatic rings. The predicted molar refractivity (Wildman–Crippen MR) is 112 cm³/mol. The van der Waals surface area contributed by atoms with Crippen molar-refractivity contribution in [2.24, 2.45) is 34.5 Å². The molecule has 0 radical (unpaired) electrons. The molecule has 4 nitrogen and oxygen atoms in total. The molecule has 0 heterocycles. The van der Waals surface area contributed by atoms with E-state index in [0.29, 0.717) is 35.4 Å². The van der Waals surface area contributed by atoms with E-state index in [1.807, 2.05) is 0 Å². The standard InChI is InChI=1S/C25H40O4/c1-23-13-9-18(26)16-17(23)7-8-19-20(23)10-14-24(2)21(19)11-15-25(24,29)12-5-3-4-6-22(27)28/h17,19-21,29H,3-16H2,1-2H3,(H,27,28)/t17-,19+,20-,21-,23-,24-,25-/m0/s1. The number of carbonyl (C=O) groups is 2. The second-order valence-corrected chi connectivity index (χ2v) is 11.4. The molecule has 4 heteroatoms. The number of rotatable bonds is 6. The molecule has 0 saturated heterocycles. The van der Waals surface area contributed by atoms with Crippen LogP contribution in [0.4, 0.5) is 0 Å². The van der Waals surface area contributed by atoms with Gasteiger partial charge in [-0.2, -0.15) is 0 Å². The van der Waals surface area contributed by atoms with Gasteiger partial charge in [-0.3, -0.25) is 9.59 Å². The fraction of sp³-hybridized carbons (Fsp3) is 0.920. The second kappa shape index (κ2) is 7.66. The first-order valence-corrected chi connectivity index (χ1v) is 12.2. The summed E-state index contributed by atoms with van der Waals surface area (Å²) in [5.41, 5.74) is -0.240. The summed E-state index contributed by atoms with van der Waals surface area (Å²) in [6.07, 6.45) is 13.1. The van der Waals surface area contributed by atoms with Crippen LogP contribution in [0.3, 0.4) is 0 Å². The molecule has 0 amide bonds. The van der Waals surface area contributed by atoms with Crippen LogP contribution in [0.25, 0.3) is 0 Å². The van der Waals surface area contributed by atoms with Crippen LogP contribution < -0.4 is 0 Å². The molecule has 0 bridgehead atoms. The normalized spacial score (nSPS) is 46.7. The van der Waals surface area contributed by atoms with Crippen LogP contribution >= 0.6 is 0 Å². The Bertz CT molecular complexity index is 659. The third-order valence-electron chi connectivity index (χ3n) is 10.3. The van der Waals surface area contributed by atoms with E-state index >= 15 is 0 Å². The minimum absolute atomic E-state index is 0.00858. The molecule has 0 aromatic carbocycles. The van der Waals surface area contributed by atoms with Gasteiger partial charge in [0.15, 0.2) is 0 Å². The predicted octanol–water partition coefficient (Wildman–Crippen LogP) is 5.36. The summed E-state index contributed by atoms with van der Waals surface area (Å²) in [5, 5.41) is 20.5. The first kappa shape index (κ1) is 21.3. The molecule has 0 aliphatic heterocycles. The quantitative estimate of drug-likeness (QED) is 0.584. The Labute approximate surface area is 175 Å². The van der Waals surface area contributed by atoms with Crippen molar-refractivity contribution in [2.45, 2.75) is 109 Å². The zero-order valence-electron chi connectivity index (χ0n) is 18.4. The molecule has 4 fully saturated rings. The molecule has 4 rings (SSSR count). The van der Waals surface area contributed by atoms with Gasteiger partial charge in [-0.1, -0.05) is 26.7 Å². The number of ketones is 1. The molecule has 0 spiro atoms. The molecule has 0 unspecified atom stereocenters. The number of fused-ring (bicyclic) bond motifs is 5. The minimum atomic E-state index is -0.719. The lowest BCUT2D eigenvalue weighted by Gasteiger charge is -2.61. The summed E-state index contributed by atoms with van der Waals surface area (Å²) in [6, 6.07) is 0. The van der Waals surface area contributed by atoms with Crippen molar-refractivity contribution in [3.63, 3.8) is 0 Å². The van der Waals surface area contributed by atoms with Gasteiger partial charge < -0.3 is 10.2 Å². The zero-order chi connectivity index (χ0) is 20.9. The molecule has 2 N–H and O–H groups in total. The molecular weight excluding hydrogens is 364 g/mol. The Morgan fingerprint density at radius 3 is 2.52 bits per heavy atom. The van der Waals surface area contributed by atoms with E-state index in [4.69, 9.17) is 5.11 Å². The Morgan fingerprint density at radius 1 is 1.00 bits per heavy atom. The maximum Gasteiger partial charge on any atom is 0.303 e. The molecule has 7 atom stereocenters. The monoisotopic (exact) mass is 404 g/mol. The summed E-state index contributed by atoms with van der Waals surface area (Å²) in [4.78, 5) is 22.8. The Kier molecular flexibility index (Phi) is 5.63. The van der Waals surface area contributed by atoms with Crippen LogP contribution in [0.5, 0.6) is 0 Å². The largest absolute Gasteiger partial charge is 0.481 e. The van der Waals surface area contributed by atoms with Gasteiger partial charge in [0, 0.05) is 19.3 Å². The lowest BCUT2D eigenvalue weighted by atomic mass is 9.44. The molecule has 164 valence electrons. The van der Waals surface area contributed by atoms with E-state index in [1.54, 1.807) is 0 Å². The third kappa shape index (κ3) is 3.47. The van der Waals surface area contributed by atoms with Crippen LogP contribution in [0, 0.1) is 34.5 Å². The van der Waals surface area contributed by atoms with Gasteiger partial charge in [-0.15, -0.1) is 0 Å².